The van der Waals surface area contributed by atoms with Gasteiger partial charge in [0.2, 0.25) is 0 Å². The summed E-state index contributed by atoms with van der Waals surface area (Å²) in [6.07, 6.45) is 16.4. The predicted molar refractivity (Wildman–Crippen MR) is 264 cm³/mol. The van der Waals surface area contributed by atoms with Gasteiger partial charge in [-0.15, -0.1) is 0 Å². The molecular weight excluding hydrogens is 867 g/mol. The van der Waals surface area contributed by atoms with E-state index in [1.54, 1.807) is 51.1 Å². The third kappa shape index (κ3) is 13.9. The fraction of sp³-hybridized carbons (Fsp3) is 0.321. The summed E-state index contributed by atoms with van der Waals surface area (Å²) in [5.74, 6) is 1.97. The van der Waals surface area contributed by atoms with Gasteiger partial charge in [0.15, 0.2) is 11.7 Å². The molecule has 15 heteroatoms. The molecule has 0 fully saturated rings. The molecule has 0 spiro atoms. The number of benzene rings is 4. The van der Waals surface area contributed by atoms with E-state index < -0.39 is 0 Å². The number of hydrogen-bond donors (Lipinski definition) is 0. The zero-order chi connectivity index (χ0) is 48.4. The summed E-state index contributed by atoms with van der Waals surface area (Å²) in [7, 11) is 5.21. The monoisotopic (exact) mass is 928 g/mol. The van der Waals surface area contributed by atoms with Crippen LogP contribution >= 0.6 is 0 Å². The smallest absolute Gasteiger partial charge is 0.168 e. The fourth-order valence-electron chi connectivity index (χ4n) is 7.36. The number of imidazole rings is 2. The van der Waals surface area contributed by atoms with Crippen LogP contribution in [0.25, 0.3) is 23.5 Å². The molecule has 0 aliphatic heterocycles. The Kier molecular flexibility index (Phi) is 18.5. The number of amidine groups is 2. The molecule has 0 amide bonds. The van der Waals surface area contributed by atoms with Crippen LogP contribution in [0.3, 0.4) is 0 Å². The Bertz CT molecular complexity index is 2640. The van der Waals surface area contributed by atoms with Gasteiger partial charge >= 0.3 is 0 Å². The normalized spacial score (nSPS) is 13.0. The summed E-state index contributed by atoms with van der Waals surface area (Å²) in [6, 6.07) is 24.5. The number of oxime groups is 2. The van der Waals surface area contributed by atoms with Crippen LogP contribution in [0.5, 0.6) is 11.5 Å². The third-order valence-corrected chi connectivity index (χ3v) is 11.3. The first kappa shape index (κ1) is 50.2. The highest BCUT2D eigenvalue weighted by Gasteiger charge is 2.20. The minimum absolute atomic E-state index is 0.139. The molecule has 0 N–H and O–H groups in total. The SMILES string of the molecule is CCO/N=C(/C=C/c1ccc(-n2cnc(C)c2)c(OC)c1)N(CCCOCCCO/N=C(/C=C/c1ccc(-n2cnc(C)c2)c(OC)c1)N(C)C(C)c1ccc(F)cc1)C(C)c1ccc(F)cc1. The number of ether oxygens (including phenoxy) is 3. The van der Waals surface area contributed by atoms with Crippen LogP contribution in [-0.4, -0.2) is 94.8 Å². The van der Waals surface area contributed by atoms with Crippen molar-refractivity contribution < 1.29 is 32.7 Å². The zero-order valence-corrected chi connectivity index (χ0v) is 40.2. The average molecular weight is 929 g/mol. The van der Waals surface area contributed by atoms with Crippen LogP contribution < -0.4 is 9.47 Å². The maximum Gasteiger partial charge on any atom is 0.168 e. The number of hydrogen-bond acceptors (Lipinski definition) is 9. The molecule has 4 aromatic carbocycles. The van der Waals surface area contributed by atoms with Crippen molar-refractivity contribution in [3.05, 3.63) is 167 Å². The lowest BCUT2D eigenvalue weighted by Gasteiger charge is -2.31. The number of likely N-dealkylation sites (N-methyl/N-ethyl adjacent to an activating group) is 1. The Morgan fingerprint density at radius 2 is 1.16 bits per heavy atom. The molecule has 6 rings (SSSR count). The van der Waals surface area contributed by atoms with Crippen molar-refractivity contribution in [2.24, 2.45) is 10.3 Å². The first-order chi connectivity index (χ1) is 33.0. The number of aromatic nitrogens is 4. The van der Waals surface area contributed by atoms with E-state index in [0.717, 1.165) is 45.0 Å². The van der Waals surface area contributed by atoms with E-state index in [4.69, 9.17) is 23.9 Å². The average Bonchev–Trinajstić information content (AvgIpc) is 4.00. The maximum atomic E-state index is 14.0. The highest BCUT2D eigenvalue weighted by molar-refractivity contribution is 5.97. The quantitative estimate of drug-likeness (QED) is 0.0268. The Labute approximate surface area is 398 Å². The third-order valence-electron chi connectivity index (χ3n) is 11.3. The topological polar surface area (TPSA) is 113 Å². The molecule has 0 aliphatic carbocycles. The van der Waals surface area contributed by atoms with E-state index >= 15 is 0 Å². The second kappa shape index (κ2) is 25.0. The molecule has 358 valence electrons. The Hall–Kier alpha value is -7.26. The molecule has 0 radical (unpaired) electrons. The summed E-state index contributed by atoms with van der Waals surface area (Å²) >= 11 is 0. The highest BCUT2D eigenvalue weighted by atomic mass is 19.1. The summed E-state index contributed by atoms with van der Waals surface area (Å²) in [5, 5.41) is 9.08. The van der Waals surface area contributed by atoms with Gasteiger partial charge in [-0.3, -0.25) is 0 Å². The van der Waals surface area contributed by atoms with Gasteiger partial charge in [-0.05, 0) is 124 Å². The van der Waals surface area contributed by atoms with E-state index in [-0.39, 0.29) is 23.7 Å². The van der Waals surface area contributed by atoms with Gasteiger partial charge in [0.1, 0.15) is 36.3 Å². The van der Waals surface area contributed by atoms with Gasteiger partial charge in [0.25, 0.3) is 0 Å². The second-order valence-electron chi connectivity index (χ2n) is 16.1. The molecule has 0 bridgehead atoms. The maximum absolute atomic E-state index is 14.0. The molecule has 2 atom stereocenters. The molecule has 2 aromatic heterocycles. The van der Waals surface area contributed by atoms with Crippen LogP contribution in [0.4, 0.5) is 8.78 Å². The Morgan fingerprint density at radius 1 is 0.662 bits per heavy atom. The van der Waals surface area contributed by atoms with Gasteiger partial charge in [-0.1, -0.05) is 58.9 Å². The lowest BCUT2D eigenvalue weighted by Crippen LogP contribution is -2.34. The minimum atomic E-state index is -0.301. The van der Waals surface area contributed by atoms with Crippen molar-refractivity contribution in [1.29, 1.82) is 0 Å². The first-order valence-electron chi connectivity index (χ1n) is 22.7. The van der Waals surface area contributed by atoms with Crippen molar-refractivity contribution in [2.45, 2.75) is 59.5 Å². The van der Waals surface area contributed by atoms with Crippen LogP contribution in [0.1, 0.15) is 79.3 Å². The van der Waals surface area contributed by atoms with Gasteiger partial charge < -0.3 is 42.8 Å². The highest BCUT2D eigenvalue weighted by Crippen LogP contribution is 2.28. The van der Waals surface area contributed by atoms with E-state index in [0.29, 0.717) is 69.0 Å². The largest absolute Gasteiger partial charge is 0.495 e. The number of halogens is 2. The molecule has 6 aromatic rings. The minimum Gasteiger partial charge on any atom is -0.495 e. The van der Waals surface area contributed by atoms with Crippen molar-refractivity contribution in [2.75, 3.05) is 54.2 Å². The zero-order valence-electron chi connectivity index (χ0n) is 40.2. The summed E-state index contributed by atoms with van der Waals surface area (Å²) < 4.78 is 49.2. The number of rotatable bonds is 23. The molecule has 0 saturated heterocycles. The van der Waals surface area contributed by atoms with Crippen LogP contribution in [0, 0.1) is 25.5 Å². The van der Waals surface area contributed by atoms with E-state index in [9.17, 15) is 8.78 Å². The standard InChI is InChI=1S/C53H62F2N8O5/c1-9-67-59-53(27-15-43-13-25-49(51(33-43)65-8)62-35-39(3)57-37-62)63(41(5)45-18-22-47(55)23-19-45)28-10-29-66-30-11-31-68-58-52(60(6)40(4)44-16-20-46(54)21-17-44)26-14-42-12-24-48(50(32-42)64-7)61-34-38(2)56-36-61/h12-27,32-37,40-41H,9-11,28-31H2,1-8H3/b26-14+,27-15+,58-52-,59-53-. The lowest BCUT2D eigenvalue weighted by molar-refractivity contribution is 0.0806. The number of nitrogens with zero attached hydrogens (tertiary/aromatic N) is 8. The summed E-state index contributed by atoms with van der Waals surface area (Å²) in [6.45, 7) is 12.1. The molecule has 68 heavy (non-hydrogen) atoms. The Balaban J connectivity index is 1.09. The van der Waals surface area contributed by atoms with Gasteiger partial charge in [0.05, 0.1) is 61.7 Å². The van der Waals surface area contributed by atoms with Crippen LogP contribution in [0.15, 0.2) is 132 Å². The molecular formula is C53H62F2N8O5. The van der Waals surface area contributed by atoms with E-state index in [1.807, 2.05) is 122 Å². The molecule has 2 unspecified atom stereocenters. The predicted octanol–water partition coefficient (Wildman–Crippen LogP) is 10.9. The van der Waals surface area contributed by atoms with Crippen molar-refractivity contribution in [1.82, 2.24) is 28.9 Å². The van der Waals surface area contributed by atoms with Crippen molar-refractivity contribution >= 4 is 23.8 Å². The van der Waals surface area contributed by atoms with E-state index in [1.165, 1.54) is 24.3 Å². The van der Waals surface area contributed by atoms with Crippen molar-refractivity contribution in [3.63, 3.8) is 0 Å². The van der Waals surface area contributed by atoms with E-state index in [2.05, 4.69) is 32.1 Å². The second-order valence-corrected chi connectivity index (χ2v) is 16.1. The number of aryl methyl sites for hydroxylation is 2. The summed E-state index contributed by atoms with van der Waals surface area (Å²) in [5.41, 5.74) is 7.21. The fourth-order valence-corrected chi connectivity index (χ4v) is 7.36. The Morgan fingerprint density at radius 3 is 1.66 bits per heavy atom. The first-order valence-corrected chi connectivity index (χ1v) is 22.7. The molecule has 0 saturated carbocycles. The van der Waals surface area contributed by atoms with Gasteiger partial charge in [0, 0.05) is 45.6 Å². The van der Waals surface area contributed by atoms with Gasteiger partial charge in [-0.25, -0.2) is 18.7 Å². The van der Waals surface area contributed by atoms with Crippen molar-refractivity contribution in [3.8, 4) is 22.9 Å². The number of methoxy groups -OCH3 is 2. The molecule has 2 heterocycles. The van der Waals surface area contributed by atoms with Crippen LogP contribution in [-0.2, 0) is 14.4 Å². The molecule has 13 nitrogen and oxygen atoms in total. The summed E-state index contributed by atoms with van der Waals surface area (Å²) in [4.78, 5) is 24.3. The molecule has 0 aliphatic rings. The lowest BCUT2D eigenvalue weighted by atomic mass is 10.1. The van der Waals surface area contributed by atoms with Gasteiger partial charge in [-0.2, -0.15) is 0 Å². The van der Waals surface area contributed by atoms with Crippen LogP contribution in [0.2, 0.25) is 0 Å².